The van der Waals surface area contributed by atoms with Gasteiger partial charge in [0.15, 0.2) is 0 Å². The Balaban J connectivity index is 2.45. The summed E-state index contributed by atoms with van der Waals surface area (Å²) in [7, 11) is 0. The summed E-state index contributed by atoms with van der Waals surface area (Å²) in [6, 6.07) is 4.61. The minimum absolute atomic E-state index is 0.0856. The predicted octanol–water partition coefficient (Wildman–Crippen LogP) is 1.60. The number of hydrogen-bond donors (Lipinski definition) is 0. The number of carbonyl (C=O) groups excluding carboxylic acids is 2. The molecule has 1 aliphatic heterocycles. The number of ether oxygens (including phenoxy) is 1. The average Bonchev–Trinajstić information content (AvgIpc) is 2.32. The van der Waals surface area contributed by atoms with E-state index in [0.717, 1.165) is 17.0 Å². The van der Waals surface area contributed by atoms with Crippen LogP contribution in [0.5, 0.6) is 0 Å². The predicted molar refractivity (Wildman–Crippen MR) is 54.8 cm³/mol. The summed E-state index contributed by atoms with van der Waals surface area (Å²) in [6.45, 7) is -0.200. The second-order valence-corrected chi connectivity index (χ2v) is 3.61. The van der Waals surface area contributed by atoms with Gasteiger partial charge in [-0.15, -0.1) is 0 Å². The summed E-state index contributed by atoms with van der Waals surface area (Å²) in [5, 5.41) is 0. The van der Waals surface area contributed by atoms with Gasteiger partial charge in [-0.2, -0.15) is 13.2 Å². The normalized spacial score (nSPS) is 16.7. The molecule has 96 valence electrons. The van der Waals surface area contributed by atoms with E-state index in [9.17, 15) is 22.8 Å². The smallest absolute Gasteiger partial charge is 0.418 e. The fourth-order valence-corrected chi connectivity index (χ4v) is 1.68. The zero-order valence-electron chi connectivity index (χ0n) is 9.03. The highest BCUT2D eigenvalue weighted by Gasteiger charge is 2.38. The summed E-state index contributed by atoms with van der Waals surface area (Å²) in [5.41, 5.74) is -1.28. The summed E-state index contributed by atoms with van der Waals surface area (Å²) >= 11 is 0. The van der Waals surface area contributed by atoms with Gasteiger partial charge in [0.2, 0.25) is 0 Å². The van der Waals surface area contributed by atoms with E-state index in [1.54, 1.807) is 0 Å². The van der Waals surface area contributed by atoms with Crippen molar-refractivity contribution in [3.8, 4) is 0 Å². The van der Waals surface area contributed by atoms with Gasteiger partial charge in [-0.1, -0.05) is 12.1 Å². The van der Waals surface area contributed by atoms with Gasteiger partial charge >= 0.3 is 18.1 Å². The molecule has 0 radical (unpaired) electrons. The molecule has 18 heavy (non-hydrogen) atoms. The molecule has 0 aliphatic carbocycles. The van der Waals surface area contributed by atoms with E-state index < -0.39 is 23.6 Å². The minimum Gasteiger partial charge on any atom is -0.457 e. The van der Waals surface area contributed by atoms with Crippen LogP contribution < -0.4 is 4.90 Å². The van der Waals surface area contributed by atoms with E-state index in [1.165, 1.54) is 12.1 Å². The second-order valence-electron chi connectivity index (χ2n) is 3.61. The van der Waals surface area contributed by atoms with E-state index in [0.29, 0.717) is 0 Å². The van der Waals surface area contributed by atoms with E-state index in [1.807, 2.05) is 0 Å². The van der Waals surface area contributed by atoms with Gasteiger partial charge in [0, 0.05) is 0 Å². The number of nitrogens with zero attached hydrogens (tertiary/aromatic N) is 1. The van der Waals surface area contributed by atoms with Crippen molar-refractivity contribution in [2.45, 2.75) is 6.18 Å². The molecule has 1 amide bonds. The van der Waals surface area contributed by atoms with Gasteiger partial charge in [-0.3, -0.25) is 9.69 Å². The van der Waals surface area contributed by atoms with Crippen LogP contribution in [0.15, 0.2) is 24.3 Å². The quantitative estimate of drug-likeness (QED) is 0.568. The lowest BCUT2D eigenvalue weighted by Crippen LogP contribution is -2.45. The largest absolute Gasteiger partial charge is 0.457 e. The van der Waals surface area contributed by atoms with Crippen molar-refractivity contribution in [1.29, 1.82) is 0 Å². The standard InChI is InChI=1S/C11H8F3NO3/c12-11(13,14)7-3-1-2-4-8(7)15-5-6-18-10(17)9(15)16/h1-4H,5-6H2. The molecular formula is C11H8F3NO3. The summed E-state index contributed by atoms with van der Waals surface area (Å²) < 4.78 is 42.8. The monoisotopic (exact) mass is 259 g/mol. The van der Waals surface area contributed by atoms with E-state index in [2.05, 4.69) is 4.74 Å². The molecule has 0 spiro atoms. The highest BCUT2D eigenvalue weighted by molar-refractivity contribution is 6.38. The van der Waals surface area contributed by atoms with E-state index in [-0.39, 0.29) is 18.8 Å². The lowest BCUT2D eigenvalue weighted by molar-refractivity contribution is -0.156. The van der Waals surface area contributed by atoms with Crippen LogP contribution in [0.25, 0.3) is 0 Å². The van der Waals surface area contributed by atoms with Gasteiger partial charge in [0.1, 0.15) is 6.61 Å². The number of benzene rings is 1. The van der Waals surface area contributed by atoms with Crippen molar-refractivity contribution >= 4 is 17.6 Å². The zero-order chi connectivity index (χ0) is 13.3. The molecule has 1 aliphatic rings. The maximum absolute atomic E-state index is 12.8. The number of amides is 1. The van der Waals surface area contributed by atoms with Crippen molar-refractivity contribution in [2.24, 2.45) is 0 Å². The van der Waals surface area contributed by atoms with Crippen molar-refractivity contribution in [3.63, 3.8) is 0 Å². The summed E-state index contributed by atoms with van der Waals surface area (Å²) in [6.07, 6.45) is -4.59. The van der Waals surface area contributed by atoms with Crippen LogP contribution in [0, 0.1) is 0 Å². The fraction of sp³-hybridized carbons (Fsp3) is 0.273. The maximum Gasteiger partial charge on any atom is 0.418 e. The van der Waals surface area contributed by atoms with Crippen LogP contribution in [-0.2, 0) is 20.5 Å². The number of para-hydroxylation sites is 1. The Kier molecular flexibility index (Phi) is 2.98. The van der Waals surface area contributed by atoms with Crippen molar-refractivity contribution in [2.75, 3.05) is 18.1 Å². The lowest BCUT2D eigenvalue weighted by Gasteiger charge is -2.27. The van der Waals surface area contributed by atoms with Gasteiger partial charge in [0.25, 0.3) is 0 Å². The number of morpholine rings is 1. The molecule has 0 bridgehead atoms. The Morgan fingerprint density at radius 2 is 1.83 bits per heavy atom. The summed E-state index contributed by atoms with van der Waals surface area (Å²) in [5.74, 6) is -2.23. The number of cyclic esters (lactones) is 1. The second kappa shape index (κ2) is 4.32. The number of alkyl halides is 3. The first-order chi connectivity index (χ1) is 8.41. The van der Waals surface area contributed by atoms with Gasteiger partial charge < -0.3 is 4.74 Å². The van der Waals surface area contributed by atoms with Crippen LogP contribution in [0.4, 0.5) is 18.9 Å². The number of anilines is 1. The molecule has 4 nitrogen and oxygen atoms in total. The first-order valence-electron chi connectivity index (χ1n) is 5.06. The average molecular weight is 259 g/mol. The van der Waals surface area contributed by atoms with E-state index in [4.69, 9.17) is 0 Å². The van der Waals surface area contributed by atoms with Crippen LogP contribution >= 0.6 is 0 Å². The van der Waals surface area contributed by atoms with Crippen LogP contribution in [-0.4, -0.2) is 25.0 Å². The maximum atomic E-state index is 12.8. The first-order valence-corrected chi connectivity index (χ1v) is 5.06. The van der Waals surface area contributed by atoms with Crippen LogP contribution in [0.3, 0.4) is 0 Å². The van der Waals surface area contributed by atoms with Gasteiger partial charge in [-0.25, -0.2) is 4.79 Å². The molecule has 1 aromatic rings. The topological polar surface area (TPSA) is 46.6 Å². The molecule has 7 heteroatoms. The molecule has 0 atom stereocenters. The molecule has 1 aromatic carbocycles. The number of halogens is 3. The Bertz CT molecular complexity index is 499. The Hall–Kier alpha value is -2.05. The third-order valence-corrected chi connectivity index (χ3v) is 2.47. The van der Waals surface area contributed by atoms with Crippen molar-refractivity contribution < 1.29 is 27.5 Å². The number of rotatable bonds is 1. The third kappa shape index (κ3) is 2.15. The number of esters is 1. The Morgan fingerprint density at radius 3 is 2.50 bits per heavy atom. The third-order valence-electron chi connectivity index (χ3n) is 2.47. The lowest BCUT2D eigenvalue weighted by atomic mass is 10.1. The molecule has 0 saturated carbocycles. The van der Waals surface area contributed by atoms with Crippen molar-refractivity contribution in [3.05, 3.63) is 29.8 Å². The Labute approximate surface area is 99.9 Å². The number of hydrogen-bond acceptors (Lipinski definition) is 3. The Morgan fingerprint density at radius 1 is 1.17 bits per heavy atom. The molecule has 1 fully saturated rings. The van der Waals surface area contributed by atoms with Crippen molar-refractivity contribution in [1.82, 2.24) is 0 Å². The number of carbonyl (C=O) groups is 2. The molecule has 0 unspecified atom stereocenters. The zero-order valence-corrected chi connectivity index (χ0v) is 9.03. The summed E-state index contributed by atoms with van der Waals surface area (Å²) in [4.78, 5) is 23.3. The van der Waals surface area contributed by atoms with Crippen LogP contribution in [0.1, 0.15) is 5.56 Å². The highest BCUT2D eigenvalue weighted by Crippen LogP contribution is 2.36. The SMILES string of the molecule is O=C1OCCN(c2ccccc2C(F)(F)F)C1=O. The minimum atomic E-state index is -4.59. The fourth-order valence-electron chi connectivity index (χ4n) is 1.68. The molecule has 1 saturated heterocycles. The highest BCUT2D eigenvalue weighted by atomic mass is 19.4. The van der Waals surface area contributed by atoms with Gasteiger partial charge in [-0.05, 0) is 12.1 Å². The molecule has 0 N–H and O–H groups in total. The molecular weight excluding hydrogens is 251 g/mol. The van der Waals surface area contributed by atoms with E-state index >= 15 is 0 Å². The molecule has 0 aromatic heterocycles. The molecule has 2 rings (SSSR count). The molecule has 1 heterocycles. The van der Waals surface area contributed by atoms with Crippen LogP contribution in [0.2, 0.25) is 0 Å². The van der Waals surface area contributed by atoms with Gasteiger partial charge in [0.05, 0.1) is 17.8 Å². The first kappa shape index (κ1) is 12.4.